The summed E-state index contributed by atoms with van der Waals surface area (Å²) >= 11 is 1.33. The monoisotopic (exact) mass is 398 g/mol. The molecule has 7 heteroatoms. The van der Waals surface area contributed by atoms with Crippen LogP contribution in [0.1, 0.15) is 24.7 Å². The van der Waals surface area contributed by atoms with Crippen molar-refractivity contribution in [1.29, 1.82) is 0 Å². The molecule has 1 amide bonds. The molecule has 0 N–H and O–H groups in total. The molecule has 0 aliphatic heterocycles. The minimum Gasteiger partial charge on any atom is -0.342 e. The lowest BCUT2D eigenvalue weighted by molar-refractivity contribution is -0.130. The van der Waals surface area contributed by atoms with E-state index in [-0.39, 0.29) is 11.7 Å². The maximum atomic E-state index is 14.2. The number of amides is 1. The summed E-state index contributed by atoms with van der Waals surface area (Å²) in [5.74, 6) is 0.104. The molecule has 0 saturated carbocycles. The van der Waals surface area contributed by atoms with Crippen LogP contribution in [0.15, 0.2) is 59.8 Å². The number of likely N-dealkylation sites (N-methyl/N-ethyl adjacent to an activating group) is 1. The van der Waals surface area contributed by atoms with Gasteiger partial charge in [0, 0.05) is 20.1 Å². The summed E-state index contributed by atoms with van der Waals surface area (Å²) in [6.07, 6.45) is 0. The van der Waals surface area contributed by atoms with Crippen molar-refractivity contribution in [2.45, 2.75) is 24.3 Å². The van der Waals surface area contributed by atoms with E-state index in [0.717, 1.165) is 5.56 Å². The van der Waals surface area contributed by atoms with Crippen LogP contribution in [0, 0.1) is 5.82 Å². The average Bonchev–Trinajstić information content (AvgIpc) is 3.08. The van der Waals surface area contributed by atoms with Crippen LogP contribution in [-0.2, 0) is 11.8 Å². The minimum atomic E-state index is -0.447. The SMILES string of the molecule is CCN(CC)C(=O)C(Sc1nnc(-c2ccccc2F)n1C)c1ccccc1. The van der Waals surface area contributed by atoms with Crippen LogP contribution in [0.5, 0.6) is 0 Å². The van der Waals surface area contributed by atoms with Gasteiger partial charge < -0.3 is 9.47 Å². The fourth-order valence-electron chi connectivity index (χ4n) is 2.99. The molecule has 1 aromatic heterocycles. The number of thioether (sulfide) groups is 1. The van der Waals surface area contributed by atoms with E-state index < -0.39 is 5.25 Å². The van der Waals surface area contributed by atoms with Crippen molar-refractivity contribution in [2.24, 2.45) is 7.05 Å². The predicted octanol–water partition coefficient (Wildman–Crippen LogP) is 4.32. The van der Waals surface area contributed by atoms with Crippen molar-refractivity contribution in [3.8, 4) is 11.4 Å². The van der Waals surface area contributed by atoms with Gasteiger partial charge in [0.15, 0.2) is 11.0 Å². The third-order valence-corrected chi connectivity index (χ3v) is 5.85. The number of carbonyl (C=O) groups excluding carboxylic acids is 1. The van der Waals surface area contributed by atoms with Gasteiger partial charge in [-0.05, 0) is 31.5 Å². The van der Waals surface area contributed by atoms with Gasteiger partial charge in [0.2, 0.25) is 5.91 Å². The van der Waals surface area contributed by atoms with Gasteiger partial charge in [-0.25, -0.2) is 4.39 Å². The smallest absolute Gasteiger partial charge is 0.240 e. The van der Waals surface area contributed by atoms with E-state index in [9.17, 15) is 9.18 Å². The fourth-order valence-corrected chi connectivity index (χ4v) is 4.08. The Kier molecular flexibility index (Phi) is 6.46. The highest BCUT2D eigenvalue weighted by atomic mass is 32.2. The van der Waals surface area contributed by atoms with Crippen molar-refractivity contribution >= 4 is 17.7 Å². The summed E-state index contributed by atoms with van der Waals surface area (Å²) in [5.41, 5.74) is 1.29. The average molecular weight is 399 g/mol. The predicted molar refractivity (Wildman–Crippen MR) is 109 cm³/mol. The first kappa shape index (κ1) is 20.1. The molecule has 146 valence electrons. The number of nitrogens with zero attached hydrogens (tertiary/aromatic N) is 4. The molecule has 1 unspecified atom stereocenters. The molecule has 0 spiro atoms. The molecule has 3 aromatic rings. The summed E-state index contributed by atoms with van der Waals surface area (Å²) in [5, 5.41) is 8.51. The van der Waals surface area contributed by atoms with E-state index in [2.05, 4.69) is 10.2 Å². The second-order valence-electron chi connectivity index (χ2n) is 6.26. The first-order valence-electron chi connectivity index (χ1n) is 9.21. The van der Waals surface area contributed by atoms with E-state index in [1.807, 2.05) is 44.2 Å². The molecule has 0 aliphatic carbocycles. The Morgan fingerprint density at radius 2 is 1.71 bits per heavy atom. The molecule has 2 aromatic carbocycles. The second kappa shape index (κ2) is 9.01. The van der Waals surface area contributed by atoms with E-state index in [1.165, 1.54) is 17.8 Å². The van der Waals surface area contributed by atoms with Crippen LogP contribution in [0.25, 0.3) is 11.4 Å². The van der Waals surface area contributed by atoms with E-state index in [0.29, 0.717) is 29.6 Å². The van der Waals surface area contributed by atoms with Crippen molar-refractivity contribution in [3.05, 3.63) is 66.0 Å². The lowest BCUT2D eigenvalue weighted by Gasteiger charge is -2.24. The molecule has 5 nitrogen and oxygen atoms in total. The molecule has 0 fully saturated rings. The van der Waals surface area contributed by atoms with Crippen LogP contribution < -0.4 is 0 Å². The second-order valence-corrected chi connectivity index (χ2v) is 7.34. The van der Waals surface area contributed by atoms with Crippen LogP contribution in [0.3, 0.4) is 0 Å². The molecular weight excluding hydrogens is 375 g/mol. The number of rotatable bonds is 7. The Labute approximate surface area is 168 Å². The van der Waals surface area contributed by atoms with Gasteiger partial charge in [-0.2, -0.15) is 0 Å². The first-order chi connectivity index (χ1) is 13.6. The highest BCUT2D eigenvalue weighted by molar-refractivity contribution is 8.00. The zero-order chi connectivity index (χ0) is 20.1. The Bertz CT molecular complexity index is 941. The van der Waals surface area contributed by atoms with Crippen molar-refractivity contribution in [1.82, 2.24) is 19.7 Å². The van der Waals surface area contributed by atoms with Gasteiger partial charge >= 0.3 is 0 Å². The zero-order valence-electron chi connectivity index (χ0n) is 16.2. The Balaban J connectivity index is 1.96. The first-order valence-corrected chi connectivity index (χ1v) is 10.1. The standard InChI is InChI=1S/C21H23FN4OS/c1-4-26(5-2)20(27)18(15-11-7-6-8-12-15)28-21-24-23-19(25(21)3)16-13-9-10-14-17(16)22/h6-14,18H,4-5H2,1-3H3. The van der Waals surface area contributed by atoms with E-state index >= 15 is 0 Å². The van der Waals surface area contributed by atoms with Gasteiger partial charge in [-0.15, -0.1) is 10.2 Å². The highest BCUT2D eigenvalue weighted by Crippen LogP contribution is 2.37. The van der Waals surface area contributed by atoms with Gasteiger partial charge in [0.1, 0.15) is 11.1 Å². The van der Waals surface area contributed by atoms with Gasteiger partial charge in [0.25, 0.3) is 0 Å². The van der Waals surface area contributed by atoms with E-state index in [4.69, 9.17) is 0 Å². The summed E-state index contributed by atoms with van der Waals surface area (Å²) in [7, 11) is 1.79. The number of benzene rings is 2. The van der Waals surface area contributed by atoms with Crippen LogP contribution in [0.2, 0.25) is 0 Å². The van der Waals surface area contributed by atoms with Gasteiger partial charge in [0.05, 0.1) is 5.56 Å². The normalized spacial score (nSPS) is 12.0. The number of hydrogen-bond acceptors (Lipinski definition) is 4. The van der Waals surface area contributed by atoms with Crippen LogP contribution >= 0.6 is 11.8 Å². The van der Waals surface area contributed by atoms with Crippen molar-refractivity contribution in [2.75, 3.05) is 13.1 Å². The third kappa shape index (κ3) is 4.09. The fraction of sp³-hybridized carbons (Fsp3) is 0.286. The maximum absolute atomic E-state index is 14.2. The molecule has 0 saturated heterocycles. The molecule has 0 radical (unpaired) electrons. The summed E-state index contributed by atoms with van der Waals surface area (Å²) in [4.78, 5) is 14.9. The lowest BCUT2D eigenvalue weighted by Crippen LogP contribution is -2.34. The largest absolute Gasteiger partial charge is 0.342 e. The Hall–Kier alpha value is -2.67. The molecule has 3 rings (SSSR count). The number of hydrogen-bond donors (Lipinski definition) is 0. The Morgan fingerprint density at radius 3 is 2.36 bits per heavy atom. The number of aromatic nitrogens is 3. The molecule has 28 heavy (non-hydrogen) atoms. The topological polar surface area (TPSA) is 51.0 Å². The molecule has 0 bridgehead atoms. The van der Waals surface area contributed by atoms with Crippen molar-refractivity contribution in [3.63, 3.8) is 0 Å². The molecular formula is C21H23FN4OS. The molecule has 1 heterocycles. The molecule has 0 aliphatic rings. The van der Waals surface area contributed by atoms with Gasteiger partial charge in [-0.1, -0.05) is 54.2 Å². The van der Waals surface area contributed by atoms with E-state index in [1.54, 1.807) is 34.7 Å². The zero-order valence-corrected chi connectivity index (χ0v) is 17.0. The number of halogens is 1. The quantitative estimate of drug-likeness (QED) is 0.556. The highest BCUT2D eigenvalue weighted by Gasteiger charge is 2.28. The lowest BCUT2D eigenvalue weighted by atomic mass is 10.1. The number of carbonyl (C=O) groups is 1. The maximum Gasteiger partial charge on any atom is 0.240 e. The molecule has 1 atom stereocenters. The van der Waals surface area contributed by atoms with Gasteiger partial charge in [-0.3, -0.25) is 4.79 Å². The van der Waals surface area contributed by atoms with Crippen LogP contribution in [0.4, 0.5) is 4.39 Å². The summed E-state index contributed by atoms with van der Waals surface area (Å²) < 4.78 is 15.9. The minimum absolute atomic E-state index is 0.0247. The summed E-state index contributed by atoms with van der Waals surface area (Å²) in [6, 6.07) is 16.1. The third-order valence-electron chi connectivity index (χ3n) is 4.57. The Morgan fingerprint density at radius 1 is 1.07 bits per heavy atom. The summed E-state index contributed by atoms with van der Waals surface area (Å²) in [6.45, 7) is 5.20. The van der Waals surface area contributed by atoms with Crippen molar-refractivity contribution < 1.29 is 9.18 Å². The van der Waals surface area contributed by atoms with Crippen LogP contribution in [-0.4, -0.2) is 38.7 Å².